The molecule has 18 heavy (non-hydrogen) atoms. The molecule has 0 aliphatic heterocycles. The second-order valence-electron chi connectivity index (χ2n) is 7.27. The van der Waals surface area contributed by atoms with Crippen LogP contribution in [0.5, 0.6) is 0 Å². The third-order valence-corrected chi connectivity index (χ3v) is 5.33. The van der Waals surface area contributed by atoms with Gasteiger partial charge in [-0.2, -0.15) is 0 Å². The van der Waals surface area contributed by atoms with Crippen LogP contribution >= 0.6 is 0 Å². The third-order valence-electron chi connectivity index (χ3n) is 5.33. The Morgan fingerprint density at radius 2 is 1.89 bits per heavy atom. The Kier molecular flexibility index (Phi) is 3.72. The highest BCUT2D eigenvalue weighted by Crippen LogP contribution is 2.51. The van der Waals surface area contributed by atoms with Gasteiger partial charge in [0.2, 0.25) is 5.91 Å². The predicted octanol–water partition coefficient (Wildman–Crippen LogP) is 2.30. The Bertz CT molecular complexity index is 316. The molecule has 104 valence electrons. The molecule has 2 aliphatic carbocycles. The topological polar surface area (TPSA) is 55.1 Å². The van der Waals surface area contributed by atoms with E-state index < -0.39 is 0 Å². The molecule has 0 heterocycles. The van der Waals surface area contributed by atoms with E-state index in [9.17, 15) is 4.79 Å². The van der Waals surface area contributed by atoms with Gasteiger partial charge in [0.05, 0.1) is 5.41 Å². The summed E-state index contributed by atoms with van der Waals surface area (Å²) in [5, 5.41) is 3.16. The number of carbonyl (C=O) groups is 1. The summed E-state index contributed by atoms with van der Waals surface area (Å²) < 4.78 is 0. The van der Waals surface area contributed by atoms with E-state index in [0.717, 1.165) is 38.1 Å². The van der Waals surface area contributed by atoms with Gasteiger partial charge in [-0.05, 0) is 49.4 Å². The van der Waals surface area contributed by atoms with Crippen molar-refractivity contribution in [3.8, 4) is 0 Å². The summed E-state index contributed by atoms with van der Waals surface area (Å²) in [6, 6.07) is 0. The van der Waals surface area contributed by atoms with Gasteiger partial charge in [-0.3, -0.25) is 4.79 Å². The number of rotatable bonds is 4. The normalized spacial score (nSPS) is 38.2. The van der Waals surface area contributed by atoms with Gasteiger partial charge < -0.3 is 11.1 Å². The molecule has 2 aliphatic rings. The zero-order chi connectivity index (χ0) is 13.4. The van der Waals surface area contributed by atoms with Crippen molar-refractivity contribution in [3.05, 3.63) is 0 Å². The molecule has 2 fully saturated rings. The van der Waals surface area contributed by atoms with Crippen molar-refractivity contribution in [3.63, 3.8) is 0 Å². The molecule has 0 spiro atoms. The van der Waals surface area contributed by atoms with Crippen LogP contribution in [0.2, 0.25) is 0 Å². The first-order valence-electron chi connectivity index (χ1n) is 7.38. The van der Waals surface area contributed by atoms with E-state index >= 15 is 0 Å². The lowest BCUT2D eigenvalue weighted by Gasteiger charge is -2.37. The van der Waals surface area contributed by atoms with Gasteiger partial charge in [-0.25, -0.2) is 0 Å². The first kappa shape index (κ1) is 13.9. The van der Waals surface area contributed by atoms with Crippen molar-refractivity contribution in [2.75, 3.05) is 13.1 Å². The lowest BCUT2D eigenvalue weighted by Crippen LogP contribution is -2.48. The summed E-state index contributed by atoms with van der Waals surface area (Å²) in [4.78, 5) is 12.4. The maximum Gasteiger partial charge on any atom is 0.227 e. The van der Waals surface area contributed by atoms with Gasteiger partial charge in [0, 0.05) is 13.1 Å². The SMILES string of the molecule is CC1CCC(CN)(C(=O)NCC2CC2(C)C)CC1. The maximum atomic E-state index is 12.4. The number of nitrogens with one attached hydrogen (secondary N) is 1. The Labute approximate surface area is 111 Å². The van der Waals surface area contributed by atoms with Crippen LogP contribution in [-0.4, -0.2) is 19.0 Å². The maximum absolute atomic E-state index is 12.4. The van der Waals surface area contributed by atoms with Crippen LogP contribution in [0.25, 0.3) is 0 Å². The first-order valence-corrected chi connectivity index (χ1v) is 7.38. The van der Waals surface area contributed by atoms with Crippen LogP contribution in [0.15, 0.2) is 0 Å². The summed E-state index contributed by atoms with van der Waals surface area (Å²) in [6.07, 6.45) is 5.44. The van der Waals surface area contributed by atoms with Gasteiger partial charge in [0.25, 0.3) is 0 Å². The molecule has 1 amide bonds. The second-order valence-corrected chi connectivity index (χ2v) is 7.27. The third kappa shape index (κ3) is 2.71. The van der Waals surface area contributed by atoms with Crippen molar-refractivity contribution < 1.29 is 4.79 Å². The Morgan fingerprint density at radius 3 is 2.33 bits per heavy atom. The number of nitrogens with two attached hydrogens (primary N) is 1. The summed E-state index contributed by atoms with van der Waals surface area (Å²) in [5.41, 5.74) is 6.06. The Balaban J connectivity index is 1.86. The minimum absolute atomic E-state index is 0.208. The fourth-order valence-corrected chi connectivity index (χ4v) is 3.17. The molecule has 3 N–H and O–H groups in total. The number of hydrogen-bond acceptors (Lipinski definition) is 2. The molecule has 0 bridgehead atoms. The molecular formula is C15H28N2O. The summed E-state index contributed by atoms with van der Waals surface area (Å²) in [5.74, 6) is 1.62. The van der Waals surface area contributed by atoms with Crippen molar-refractivity contribution >= 4 is 5.91 Å². The van der Waals surface area contributed by atoms with E-state index in [1.54, 1.807) is 0 Å². The molecule has 0 aromatic rings. The van der Waals surface area contributed by atoms with E-state index in [-0.39, 0.29) is 11.3 Å². The van der Waals surface area contributed by atoms with Crippen molar-refractivity contribution in [1.82, 2.24) is 5.32 Å². The first-order chi connectivity index (χ1) is 8.39. The predicted molar refractivity (Wildman–Crippen MR) is 74.0 cm³/mol. The molecule has 1 unspecified atom stereocenters. The molecule has 3 nitrogen and oxygen atoms in total. The van der Waals surface area contributed by atoms with Crippen molar-refractivity contribution in [2.24, 2.45) is 28.4 Å². The largest absolute Gasteiger partial charge is 0.355 e. The van der Waals surface area contributed by atoms with Crippen LogP contribution in [0, 0.1) is 22.7 Å². The Morgan fingerprint density at radius 1 is 1.33 bits per heavy atom. The zero-order valence-electron chi connectivity index (χ0n) is 12.1. The highest BCUT2D eigenvalue weighted by atomic mass is 16.2. The molecule has 0 aromatic carbocycles. The molecule has 3 heteroatoms. The quantitative estimate of drug-likeness (QED) is 0.806. The van der Waals surface area contributed by atoms with E-state index in [1.807, 2.05) is 0 Å². The lowest BCUT2D eigenvalue weighted by atomic mass is 9.70. The average molecular weight is 252 g/mol. The second kappa shape index (κ2) is 4.84. The van der Waals surface area contributed by atoms with E-state index in [0.29, 0.717) is 17.9 Å². The molecule has 0 saturated heterocycles. The number of hydrogen-bond donors (Lipinski definition) is 2. The Hall–Kier alpha value is -0.570. The van der Waals surface area contributed by atoms with Crippen LogP contribution in [0.1, 0.15) is 52.9 Å². The standard InChI is InChI=1S/C15H28N2O/c1-11-4-6-15(10-16,7-5-11)13(18)17-9-12-8-14(12,2)3/h11-12H,4-10,16H2,1-3H3,(H,17,18). The van der Waals surface area contributed by atoms with Crippen LogP contribution in [-0.2, 0) is 4.79 Å². The van der Waals surface area contributed by atoms with Crippen molar-refractivity contribution in [2.45, 2.75) is 52.9 Å². The highest BCUT2D eigenvalue weighted by Gasteiger charge is 2.46. The zero-order valence-corrected chi connectivity index (χ0v) is 12.1. The van der Waals surface area contributed by atoms with Crippen LogP contribution in [0.4, 0.5) is 0 Å². The van der Waals surface area contributed by atoms with Crippen molar-refractivity contribution in [1.29, 1.82) is 0 Å². The molecule has 0 aromatic heterocycles. The monoisotopic (exact) mass is 252 g/mol. The fourth-order valence-electron chi connectivity index (χ4n) is 3.17. The summed E-state index contributed by atoms with van der Waals surface area (Å²) in [6.45, 7) is 8.14. The summed E-state index contributed by atoms with van der Waals surface area (Å²) >= 11 is 0. The minimum atomic E-state index is -0.272. The van der Waals surface area contributed by atoms with E-state index in [2.05, 4.69) is 26.1 Å². The van der Waals surface area contributed by atoms with E-state index in [1.165, 1.54) is 6.42 Å². The molecule has 0 radical (unpaired) electrons. The number of amides is 1. The smallest absolute Gasteiger partial charge is 0.227 e. The van der Waals surface area contributed by atoms with E-state index in [4.69, 9.17) is 5.73 Å². The average Bonchev–Trinajstić information content (AvgIpc) is 2.95. The minimum Gasteiger partial charge on any atom is -0.355 e. The van der Waals surface area contributed by atoms with Gasteiger partial charge in [0.15, 0.2) is 0 Å². The molecule has 2 rings (SSSR count). The lowest BCUT2D eigenvalue weighted by molar-refractivity contribution is -0.132. The van der Waals surface area contributed by atoms with Crippen LogP contribution < -0.4 is 11.1 Å². The van der Waals surface area contributed by atoms with Gasteiger partial charge in [-0.15, -0.1) is 0 Å². The highest BCUT2D eigenvalue weighted by molar-refractivity contribution is 5.83. The molecule has 2 saturated carbocycles. The van der Waals surface area contributed by atoms with Gasteiger partial charge in [-0.1, -0.05) is 20.8 Å². The van der Waals surface area contributed by atoms with Gasteiger partial charge in [0.1, 0.15) is 0 Å². The van der Waals surface area contributed by atoms with Gasteiger partial charge >= 0.3 is 0 Å². The fraction of sp³-hybridized carbons (Fsp3) is 0.933. The number of carbonyl (C=O) groups excluding carboxylic acids is 1. The van der Waals surface area contributed by atoms with Crippen LogP contribution in [0.3, 0.4) is 0 Å². The molecular weight excluding hydrogens is 224 g/mol. The summed E-state index contributed by atoms with van der Waals surface area (Å²) in [7, 11) is 0. The molecule has 1 atom stereocenters.